The summed E-state index contributed by atoms with van der Waals surface area (Å²) >= 11 is 0. The SMILES string of the molecule is COc1ccc(C(CNC(=O)CN)N2CCCC2)cc1. The number of carbonyl (C=O) groups is 1. The molecular formula is C15H23N3O2. The second-order valence-corrected chi connectivity index (χ2v) is 5.04. The highest BCUT2D eigenvalue weighted by Gasteiger charge is 2.23. The summed E-state index contributed by atoms with van der Waals surface area (Å²) in [7, 11) is 1.66. The maximum absolute atomic E-state index is 11.4. The van der Waals surface area contributed by atoms with E-state index in [9.17, 15) is 4.79 Å². The standard InChI is InChI=1S/C15H23N3O2/c1-20-13-6-4-12(5-7-13)14(11-17-15(19)10-16)18-8-2-3-9-18/h4-7,14H,2-3,8-11,16H2,1H3,(H,17,19). The first kappa shape index (κ1) is 14.8. The van der Waals surface area contributed by atoms with Crippen LogP contribution in [-0.4, -0.2) is 44.1 Å². The van der Waals surface area contributed by atoms with Crippen LogP contribution in [0.4, 0.5) is 0 Å². The fraction of sp³-hybridized carbons (Fsp3) is 0.533. The van der Waals surface area contributed by atoms with Gasteiger partial charge in [0.15, 0.2) is 0 Å². The molecule has 1 heterocycles. The fourth-order valence-electron chi connectivity index (χ4n) is 2.62. The molecule has 5 nitrogen and oxygen atoms in total. The first-order chi connectivity index (χ1) is 9.74. The molecule has 1 saturated heterocycles. The number of carbonyl (C=O) groups excluding carboxylic acids is 1. The van der Waals surface area contributed by atoms with Gasteiger partial charge in [0, 0.05) is 6.54 Å². The number of ether oxygens (including phenoxy) is 1. The van der Waals surface area contributed by atoms with E-state index in [1.54, 1.807) is 7.11 Å². The molecule has 1 unspecified atom stereocenters. The molecule has 2 rings (SSSR count). The van der Waals surface area contributed by atoms with Crippen LogP contribution in [0.5, 0.6) is 5.75 Å². The second-order valence-electron chi connectivity index (χ2n) is 5.04. The number of nitrogens with two attached hydrogens (primary N) is 1. The zero-order valence-corrected chi connectivity index (χ0v) is 12.0. The lowest BCUT2D eigenvalue weighted by molar-refractivity contribution is -0.119. The van der Waals surface area contributed by atoms with Crippen LogP contribution in [0, 0.1) is 0 Å². The normalized spacial score (nSPS) is 16.9. The number of amides is 1. The molecule has 0 spiro atoms. The Labute approximate surface area is 120 Å². The molecule has 0 bridgehead atoms. The quantitative estimate of drug-likeness (QED) is 0.811. The largest absolute Gasteiger partial charge is 0.497 e. The molecule has 5 heteroatoms. The molecule has 1 fully saturated rings. The van der Waals surface area contributed by atoms with Crippen molar-refractivity contribution in [3.8, 4) is 5.75 Å². The Morgan fingerprint density at radius 1 is 1.35 bits per heavy atom. The van der Waals surface area contributed by atoms with Gasteiger partial charge in [-0.2, -0.15) is 0 Å². The molecule has 20 heavy (non-hydrogen) atoms. The first-order valence-corrected chi connectivity index (χ1v) is 7.09. The van der Waals surface area contributed by atoms with Crippen molar-refractivity contribution in [3.63, 3.8) is 0 Å². The predicted molar refractivity (Wildman–Crippen MR) is 78.6 cm³/mol. The minimum Gasteiger partial charge on any atom is -0.497 e. The van der Waals surface area contributed by atoms with Gasteiger partial charge in [0.05, 0.1) is 19.7 Å². The summed E-state index contributed by atoms with van der Waals surface area (Å²) in [4.78, 5) is 13.8. The van der Waals surface area contributed by atoms with Crippen molar-refractivity contribution in [2.75, 3.05) is 33.3 Å². The minimum atomic E-state index is -0.109. The van der Waals surface area contributed by atoms with Gasteiger partial charge in [0.25, 0.3) is 0 Å². The van der Waals surface area contributed by atoms with E-state index >= 15 is 0 Å². The number of benzene rings is 1. The van der Waals surface area contributed by atoms with Gasteiger partial charge in [-0.1, -0.05) is 12.1 Å². The predicted octanol–water partition coefficient (Wildman–Crippen LogP) is 0.907. The van der Waals surface area contributed by atoms with E-state index in [1.165, 1.54) is 18.4 Å². The molecular weight excluding hydrogens is 254 g/mol. The Balaban J connectivity index is 2.09. The molecule has 0 saturated carbocycles. The highest BCUT2D eigenvalue weighted by atomic mass is 16.5. The van der Waals surface area contributed by atoms with Crippen LogP contribution in [0.25, 0.3) is 0 Å². The molecule has 110 valence electrons. The number of hydrogen-bond donors (Lipinski definition) is 2. The van der Waals surface area contributed by atoms with Gasteiger partial charge in [-0.25, -0.2) is 0 Å². The number of nitrogens with zero attached hydrogens (tertiary/aromatic N) is 1. The Bertz CT molecular complexity index is 427. The first-order valence-electron chi connectivity index (χ1n) is 7.09. The Hall–Kier alpha value is -1.59. The maximum Gasteiger partial charge on any atom is 0.233 e. The van der Waals surface area contributed by atoms with Crippen LogP contribution < -0.4 is 15.8 Å². The average molecular weight is 277 g/mol. The summed E-state index contributed by atoms with van der Waals surface area (Å²) < 4.78 is 5.19. The summed E-state index contributed by atoms with van der Waals surface area (Å²) in [6, 6.07) is 8.26. The number of methoxy groups -OCH3 is 1. The van der Waals surface area contributed by atoms with E-state index in [4.69, 9.17) is 10.5 Å². The lowest BCUT2D eigenvalue weighted by Gasteiger charge is -2.28. The Kier molecular flexibility index (Phi) is 5.38. The lowest BCUT2D eigenvalue weighted by atomic mass is 10.1. The van der Waals surface area contributed by atoms with Gasteiger partial charge in [0.1, 0.15) is 5.75 Å². The highest BCUT2D eigenvalue weighted by Crippen LogP contribution is 2.26. The zero-order valence-electron chi connectivity index (χ0n) is 12.0. The zero-order chi connectivity index (χ0) is 14.4. The Morgan fingerprint density at radius 3 is 2.55 bits per heavy atom. The van der Waals surface area contributed by atoms with E-state index in [2.05, 4.69) is 22.3 Å². The number of hydrogen-bond acceptors (Lipinski definition) is 4. The molecule has 1 aliphatic heterocycles. The third kappa shape index (κ3) is 3.71. The van der Waals surface area contributed by atoms with E-state index < -0.39 is 0 Å². The van der Waals surface area contributed by atoms with E-state index in [0.29, 0.717) is 6.54 Å². The summed E-state index contributed by atoms with van der Waals surface area (Å²) in [5, 5.41) is 2.90. The average Bonchev–Trinajstić information content (AvgIpc) is 3.02. The van der Waals surface area contributed by atoms with Crippen molar-refractivity contribution in [1.29, 1.82) is 0 Å². The third-order valence-electron chi connectivity index (χ3n) is 3.76. The molecule has 0 aromatic heterocycles. The summed E-state index contributed by atoms with van der Waals surface area (Å²) in [5.41, 5.74) is 6.55. The Morgan fingerprint density at radius 2 is 2.00 bits per heavy atom. The molecule has 0 radical (unpaired) electrons. The van der Waals surface area contributed by atoms with Crippen molar-refractivity contribution >= 4 is 5.91 Å². The fourth-order valence-corrected chi connectivity index (χ4v) is 2.62. The van der Waals surface area contributed by atoms with E-state index in [0.717, 1.165) is 18.8 Å². The maximum atomic E-state index is 11.4. The molecule has 0 aliphatic carbocycles. The molecule has 1 atom stereocenters. The summed E-state index contributed by atoms with van der Waals surface area (Å²) in [6.07, 6.45) is 2.44. The second kappa shape index (κ2) is 7.26. The van der Waals surface area contributed by atoms with Crippen molar-refractivity contribution < 1.29 is 9.53 Å². The number of rotatable bonds is 6. The highest BCUT2D eigenvalue weighted by molar-refractivity contribution is 5.77. The van der Waals surface area contributed by atoms with Crippen LogP contribution in [0.1, 0.15) is 24.4 Å². The van der Waals surface area contributed by atoms with Gasteiger partial charge >= 0.3 is 0 Å². The van der Waals surface area contributed by atoms with Gasteiger partial charge in [-0.05, 0) is 43.6 Å². The molecule has 1 aromatic carbocycles. The topological polar surface area (TPSA) is 67.6 Å². The smallest absolute Gasteiger partial charge is 0.233 e. The molecule has 1 aliphatic rings. The van der Waals surface area contributed by atoms with Crippen molar-refractivity contribution in [3.05, 3.63) is 29.8 Å². The summed E-state index contributed by atoms with van der Waals surface area (Å²) in [5.74, 6) is 0.739. The summed E-state index contributed by atoms with van der Waals surface area (Å²) in [6.45, 7) is 2.79. The molecule has 1 aromatic rings. The van der Waals surface area contributed by atoms with Crippen molar-refractivity contribution in [2.45, 2.75) is 18.9 Å². The van der Waals surface area contributed by atoms with E-state index in [1.807, 2.05) is 12.1 Å². The van der Waals surface area contributed by atoms with Crippen molar-refractivity contribution in [2.24, 2.45) is 5.73 Å². The third-order valence-corrected chi connectivity index (χ3v) is 3.76. The molecule has 3 N–H and O–H groups in total. The van der Waals surface area contributed by atoms with E-state index in [-0.39, 0.29) is 18.5 Å². The number of nitrogens with one attached hydrogen (secondary N) is 1. The van der Waals surface area contributed by atoms with Crippen LogP contribution in [0.3, 0.4) is 0 Å². The van der Waals surface area contributed by atoms with Gasteiger partial charge in [0.2, 0.25) is 5.91 Å². The van der Waals surface area contributed by atoms with Crippen LogP contribution in [0.2, 0.25) is 0 Å². The molecule has 1 amide bonds. The van der Waals surface area contributed by atoms with Gasteiger partial charge < -0.3 is 15.8 Å². The van der Waals surface area contributed by atoms with Gasteiger partial charge in [-0.15, -0.1) is 0 Å². The van der Waals surface area contributed by atoms with Crippen LogP contribution >= 0.6 is 0 Å². The lowest BCUT2D eigenvalue weighted by Crippen LogP contribution is -2.39. The van der Waals surface area contributed by atoms with Gasteiger partial charge in [-0.3, -0.25) is 9.69 Å². The number of likely N-dealkylation sites (tertiary alicyclic amines) is 1. The van der Waals surface area contributed by atoms with Crippen molar-refractivity contribution in [1.82, 2.24) is 10.2 Å². The van der Waals surface area contributed by atoms with Crippen LogP contribution in [-0.2, 0) is 4.79 Å². The van der Waals surface area contributed by atoms with Crippen LogP contribution in [0.15, 0.2) is 24.3 Å². The minimum absolute atomic E-state index is 0.0370. The monoisotopic (exact) mass is 277 g/mol.